The number of ketones is 1. The molecule has 9 nitrogen and oxygen atoms in total. The Bertz CT molecular complexity index is 2120. The number of carbonyl (C=O) groups excluding carboxylic acids is 1. The molecule has 9 heteroatoms. The minimum Gasteiger partial charge on any atom is -0.489 e. The third-order valence-electron chi connectivity index (χ3n) is 11.0. The first-order valence-corrected chi connectivity index (χ1v) is 20.2. The number of aromatic nitrogens is 2. The molecule has 2 unspecified atom stereocenters. The van der Waals surface area contributed by atoms with E-state index in [0.29, 0.717) is 72.2 Å². The van der Waals surface area contributed by atoms with Crippen molar-refractivity contribution in [3.8, 4) is 34.4 Å². The molecular weight excluding hydrogens is 725 g/mol. The molecule has 0 aliphatic heterocycles. The summed E-state index contributed by atoms with van der Waals surface area (Å²) in [5, 5.41) is 18.6. The number of carbonyl (C=O) groups is 1. The first-order valence-electron chi connectivity index (χ1n) is 20.2. The van der Waals surface area contributed by atoms with Crippen molar-refractivity contribution in [2.24, 2.45) is 23.7 Å². The van der Waals surface area contributed by atoms with Crippen LogP contribution in [-0.2, 0) is 30.8 Å². The number of benzene rings is 4. The van der Waals surface area contributed by atoms with Crippen LogP contribution in [-0.4, -0.2) is 27.2 Å². The average Bonchev–Trinajstić information content (AvgIpc) is 3.83. The highest BCUT2D eigenvalue weighted by molar-refractivity contribution is 6.14. The largest absolute Gasteiger partial charge is 0.489 e. The molecular formula is C49H54N4O5. The second-order valence-electron chi connectivity index (χ2n) is 15.1. The zero-order valence-electron chi connectivity index (χ0n) is 34.4. The number of oxazole rings is 2. The van der Waals surface area contributed by atoms with Crippen LogP contribution >= 0.6 is 0 Å². The number of Topliss-reactive ketones (excluding diaryl/α,β-unsaturated/α-hetero) is 1. The van der Waals surface area contributed by atoms with Gasteiger partial charge in [-0.1, -0.05) is 88.4 Å². The van der Waals surface area contributed by atoms with Crippen LogP contribution in [0.3, 0.4) is 0 Å². The Labute approximate surface area is 341 Å². The summed E-state index contributed by atoms with van der Waals surface area (Å²) in [5.41, 5.74) is 5.65. The molecule has 0 saturated carbocycles. The summed E-state index contributed by atoms with van der Waals surface area (Å²) in [6.07, 6.45) is 1.81. The second-order valence-corrected chi connectivity index (χ2v) is 15.1. The van der Waals surface area contributed by atoms with E-state index in [1.54, 1.807) is 0 Å². The molecule has 2 aromatic heterocycles. The first kappa shape index (κ1) is 41.5. The predicted molar refractivity (Wildman–Crippen MR) is 229 cm³/mol. The minimum atomic E-state index is -0.801. The van der Waals surface area contributed by atoms with Crippen LogP contribution in [0.4, 0.5) is 0 Å². The maximum absolute atomic E-state index is 14.9. The van der Waals surface area contributed by atoms with E-state index in [-0.39, 0.29) is 30.5 Å². The van der Waals surface area contributed by atoms with Crippen LogP contribution < -0.4 is 9.47 Å². The van der Waals surface area contributed by atoms with E-state index in [1.165, 1.54) is 0 Å². The molecule has 0 radical (unpaired) electrons. The zero-order valence-corrected chi connectivity index (χ0v) is 34.4. The van der Waals surface area contributed by atoms with Crippen molar-refractivity contribution in [2.45, 2.75) is 80.4 Å². The standard InChI is InChI=1S/C49H54N4O5/c1-7-31(3)45(50)41(27-43-33(5)57-48(52-43)37-19-23-39(24-20-37)55-29-35-15-11-9-12-16-35)47(54)42(46(51)32(4)8-2)28-44-34(6)58-49(53-44)38-21-25-40(26-22-38)56-30-36-17-13-10-14-18-36/h9-26,31-32,41-42,50-51H,7-8,27-30H2,1-6H3/t31-,32-,41?,42?/m1/s1. The summed E-state index contributed by atoms with van der Waals surface area (Å²) in [7, 11) is 0. The lowest BCUT2D eigenvalue weighted by Crippen LogP contribution is -2.40. The maximum atomic E-state index is 14.9. The fourth-order valence-electron chi connectivity index (χ4n) is 6.83. The van der Waals surface area contributed by atoms with Gasteiger partial charge < -0.3 is 29.1 Å². The van der Waals surface area contributed by atoms with Crippen molar-refractivity contribution in [1.29, 1.82) is 10.8 Å². The fraction of sp³-hybridized carbons (Fsp3) is 0.327. The number of ether oxygens (including phenoxy) is 2. The summed E-state index contributed by atoms with van der Waals surface area (Å²) in [6, 6.07) is 35.2. The summed E-state index contributed by atoms with van der Waals surface area (Å²) in [5.74, 6) is 1.48. The van der Waals surface area contributed by atoms with E-state index < -0.39 is 11.8 Å². The molecule has 0 fully saturated rings. The molecule has 58 heavy (non-hydrogen) atoms. The molecule has 0 aliphatic rings. The fourth-order valence-corrected chi connectivity index (χ4v) is 6.83. The number of rotatable bonds is 20. The van der Waals surface area contributed by atoms with Gasteiger partial charge in [-0.05, 0) is 98.2 Å². The van der Waals surface area contributed by atoms with Crippen LogP contribution in [0, 0.1) is 48.3 Å². The topological polar surface area (TPSA) is 135 Å². The Balaban J connectivity index is 1.21. The monoisotopic (exact) mass is 778 g/mol. The van der Waals surface area contributed by atoms with E-state index in [1.807, 2.05) is 151 Å². The van der Waals surface area contributed by atoms with Gasteiger partial charge in [0.25, 0.3) is 0 Å². The molecule has 4 atom stereocenters. The van der Waals surface area contributed by atoms with E-state index in [9.17, 15) is 15.6 Å². The molecule has 0 bridgehead atoms. The van der Waals surface area contributed by atoms with Gasteiger partial charge in [0.2, 0.25) is 11.8 Å². The lowest BCUT2D eigenvalue weighted by molar-refractivity contribution is -0.123. The van der Waals surface area contributed by atoms with Gasteiger partial charge in [0.15, 0.2) is 5.78 Å². The molecule has 300 valence electrons. The number of nitrogens with zero attached hydrogens (tertiary/aromatic N) is 2. The molecule has 0 spiro atoms. The van der Waals surface area contributed by atoms with Gasteiger partial charge in [-0.2, -0.15) is 0 Å². The molecule has 6 aromatic rings. The van der Waals surface area contributed by atoms with Gasteiger partial charge in [-0.3, -0.25) is 4.79 Å². The number of hydrogen-bond donors (Lipinski definition) is 2. The van der Waals surface area contributed by atoms with Crippen LogP contribution in [0.1, 0.15) is 74.6 Å². The Hall–Kier alpha value is -6.09. The van der Waals surface area contributed by atoms with Gasteiger partial charge in [0, 0.05) is 35.4 Å². The smallest absolute Gasteiger partial charge is 0.226 e. The summed E-state index contributed by atoms with van der Waals surface area (Å²) >= 11 is 0. The quantitative estimate of drug-likeness (QED) is 0.0736. The molecule has 0 aliphatic carbocycles. The van der Waals surface area contributed by atoms with Crippen molar-refractivity contribution < 1.29 is 23.1 Å². The van der Waals surface area contributed by atoms with Crippen LogP contribution in [0.15, 0.2) is 118 Å². The number of hydrogen-bond acceptors (Lipinski definition) is 9. The lowest BCUT2D eigenvalue weighted by atomic mass is 9.75. The molecule has 0 amide bonds. The highest BCUT2D eigenvalue weighted by Crippen LogP contribution is 2.32. The molecule has 2 N–H and O–H groups in total. The van der Waals surface area contributed by atoms with Gasteiger partial charge in [-0.15, -0.1) is 0 Å². The molecule has 2 heterocycles. The summed E-state index contributed by atoms with van der Waals surface area (Å²) in [4.78, 5) is 24.7. The van der Waals surface area contributed by atoms with Crippen molar-refractivity contribution in [2.75, 3.05) is 0 Å². The Morgan fingerprint density at radius 3 is 1.29 bits per heavy atom. The van der Waals surface area contributed by atoms with Crippen LogP contribution in [0.5, 0.6) is 11.5 Å². The van der Waals surface area contributed by atoms with Crippen molar-refractivity contribution in [1.82, 2.24) is 9.97 Å². The van der Waals surface area contributed by atoms with Gasteiger partial charge in [0.05, 0.1) is 23.2 Å². The SMILES string of the molecule is CC[C@@H](C)C(=N)C(Cc1nc(-c2ccc(OCc3ccccc3)cc2)oc1C)C(=O)C(Cc1nc(-c2ccc(OCc3ccccc3)cc2)oc1C)C(=N)[C@H](C)CC. The van der Waals surface area contributed by atoms with Gasteiger partial charge >= 0.3 is 0 Å². The van der Waals surface area contributed by atoms with Crippen molar-refractivity contribution in [3.05, 3.63) is 143 Å². The van der Waals surface area contributed by atoms with Gasteiger partial charge in [-0.25, -0.2) is 9.97 Å². The Morgan fingerprint density at radius 1 is 0.586 bits per heavy atom. The van der Waals surface area contributed by atoms with E-state index in [0.717, 1.165) is 33.8 Å². The highest BCUT2D eigenvalue weighted by atomic mass is 16.5. The number of aryl methyl sites for hydroxylation is 2. The van der Waals surface area contributed by atoms with Crippen LogP contribution in [0.2, 0.25) is 0 Å². The van der Waals surface area contributed by atoms with E-state index in [4.69, 9.17) is 28.3 Å². The minimum absolute atomic E-state index is 0.137. The molecule has 6 rings (SSSR count). The van der Waals surface area contributed by atoms with E-state index >= 15 is 0 Å². The molecule has 4 aromatic carbocycles. The van der Waals surface area contributed by atoms with E-state index in [2.05, 4.69) is 0 Å². The molecule has 0 saturated heterocycles. The normalized spacial score (nSPS) is 13.3. The average molecular weight is 779 g/mol. The Morgan fingerprint density at radius 2 is 0.948 bits per heavy atom. The third kappa shape index (κ3) is 10.3. The third-order valence-corrected chi connectivity index (χ3v) is 11.0. The lowest BCUT2D eigenvalue weighted by Gasteiger charge is -2.27. The maximum Gasteiger partial charge on any atom is 0.226 e. The summed E-state index contributed by atoms with van der Waals surface area (Å²) in [6.45, 7) is 12.6. The van der Waals surface area contributed by atoms with Gasteiger partial charge in [0.1, 0.15) is 36.2 Å². The van der Waals surface area contributed by atoms with Crippen molar-refractivity contribution in [3.63, 3.8) is 0 Å². The summed E-state index contributed by atoms with van der Waals surface area (Å²) < 4.78 is 24.3. The highest BCUT2D eigenvalue weighted by Gasteiger charge is 2.37. The van der Waals surface area contributed by atoms with Crippen LogP contribution in [0.25, 0.3) is 22.9 Å². The second kappa shape index (κ2) is 19.4. The zero-order chi connectivity index (χ0) is 41.2. The Kier molecular flexibility index (Phi) is 13.9. The first-order chi connectivity index (χ1) is 28.0. The predicted octanol–water partition coefficient (Wildman–Crippen LogP) is 11.5. The van der Waals surface area contributed by atoms with Crippen molar-refractivity contribution >= 4 is 17.2 Å². The number of nitrogens with one attached hydrogen (secondary N) is 2.